The van der Waals surface area contributed by atoms with E-state index >= 15 is 0 Å². The minimum absolute atomic E-state index is 0.0496. The van der Waals surface area contributed by atoms with Crippen LogP contribution < -0.4 is 5.73 Å². The third-order valence-corrected chi connectivity index (χ3v) is 16.1. The summed E-state index contributed by atoms with van der Waals surface area (Å²) >= 11 is 0. The Balaban J connectivity index is 3.92. The normalized spacial score (nSPS) is 13.7. The average Bonchev–Trinajstić information content (AvgIpc) is 3.58. The first-order valence-electron chi connectivity index (χ1n) is 35.5. The smallest absolute Gasteiger partial charge is 0.462 e. The monoisotopic (exact) mass is 1220 g/mol. The molecule has 0 amide bonds. The van der Waals surface area contributed by atoms with Crippen molar-refractivity contribution in [3.8, 4) is 0 Å². The van der Waals surface area contributed by atoms with Gasteiger partial charge < -0.3 is 20.1 Å². The fourth-order valence-electron chi connectivity index (χ4n) is 9.90. The van der Waals surface area contributed by atoms with Gasteiger partial charge in [0.15, 0.2) is 6.10 Å². The number of allylic oxidation sites excluding steroid dienone is 20. The molecule has 0 rings (SSSR count). The summed E-state index contributed by atoms with van der Waals surface area (Å²) in [6, 6.07) is 0. The topological polar surface area (TPSA) is 134 Å². The van der Waals surface area contributed by atoms with Gasteiger partial charge in [0.05, 0.1) is 13.2 Å². The van der Waals surface area contributed by atoms with Crippen LogP contribution in [0.25, 0.3) is 0 Å². The zero-order valence-corrected chi connectivity index (χ0v) is 56.4. The van der Waals surface area contributed by atoms with Crippen molar-refractivity contribution < 1.29 is 37.6 Å². The van der Waals surface area contributed by atoms with Crippen LogP contribution in [0.4, 0.5) is 0 Å². The molecule has 0 saturated heterocycles. The largest absolute Gasteiger partial charge is 0.472 e. The second kappa shape index (κ2) is 70.5. The number of rotatable bonds is 66. The van der Waals surface area contributed by atoms with Crippen molar-refractivity contribution in [2.45, 2.75) is 322 Å². The molecule has 0 radical (unpaired) electrons. The molecular weight excluding hydrogens is 1090 g/mol. The molecule has 494 valence electrons. The van der Waals surface area contributed by atoms with Crippen LogP contribution in [0.15, 0.2) is 122 Å². The van der Waals surface area contributed by atoms with Gasteiger partial charge in [-0.25, -0.2) is 4.57 Å². The Morgan fingerprint density at radius 3 is 0.953 bits per heavy atom. The molecule has 0 aliphatic carbocycles. The van der Waals surface area contributed by atoms with Gasteiger partial charge in [0.1, 0.15) is 6.61 Å². The van der Waals surface area contributed by atoms with Crippen LogP contribution in [0.2, 0.25) is 0 Å². The van der Waals surface area contributed by atoms with Crippen LogP contribution in [-0.4, -0.2) is 49.3 Å². The summed E-state index contributed by atoms with van der Waals surface area (Å²) in [5, 5.41) is 0. The highest BCUT2D eigenvalue weighted by Gasteiger charge is 2.26. The van der Waals surface area contributed by atoms with Crippen LogP contribution in [0.3, 0.4) is 0 Å². The van der Waals surface area contributed by atoms with Crippen LogP contribution >= 0.6 is 7.82 Å². The lowest BCUT2D eigenvalue weighted by atomic mass is 10.0. The van der Waals surface area contributed by atoms with Crippen molar-refractivity contribution in [3.05, 3.63) is 122 Å². The summed E-state index contributed by atoms with van der Waals surface area (Å²) in [6.45, 7) is 3.66. The van der Waals surface area contributed by atoms with E-state index in [-0.39, 0.29) is 38.6 Å². The first kappa shape index (κ1) is 82.4. The number of unbranched alkanes of at least 4 members (excludes halogenated alkanes) is 33. The number of carbonyl (C=O) groups is 2. The second-order valence-electron chi connectivity index (χ2n) is 23.4. The van der Waals surface area contributed by atoms with Crippen molar-refractivity contribution in [2.75, 3.05) is 26.4 Å². The molecule has 0 saturated carbocycles. The van der Waals surface area contributed by atoms with Gasteiger partial charge in [0.25, 0.3) is 0 Å². The SMILES string of the molecule is CC/C=C\C/C=C\C/C=C\C/C=C\C/C=C\C/C=C\C/C=C\C/C=C\C/C=C\C/C=C\CCCCCCCCCCCCC(=O)OC(COC(=O)CCCCCCCCCCCCCCCCCCCCCCCCCC)COP(=O)(O)OCCN. The van der Waals surface area contributed by atoms with E-state index in [9.17, 15) is 19.0 Å². The molecule has 2 atom stereocenters. The molecule has 0 bridgehead atoms. The quantitative estimate of drug-likeness (QED) is 0.0264. The van der Waals surface area contributed by atoms with Gasteiger partial charge in [-0.2, -0.15) is 0 Å². The zero-order valence-electron chi connectivity index (χ0n) is 55.5. The van der Waals surface area contributed by atoms with Crippen LogP contribution in [0.5, 0.6) is 0 Å². The van der Waals surface area contributed by atoms with Crippen LogP contribution in [0, 0.1) is 0 Å². The minimum Gasteiger partial charge on any atom is -0.462 e. The number of carbonyl (C=O) groups excluding carboxylic acids is 2. The minimum atomic E-state index is -4.40. The molecule has 3 N–H and O–H groups in total. The highest BCUT2D eigenvalue weighted by atomic mass is 31.2. The Labute approximate surface area is 530 Å². The second-order valence-corrected chi connectivity index (χ2v) is 24.8. The molecule has 0 fully saturated rings. The first-order chi connectivity index (χ1) is 42.3. The van der Waals surface area contributed by atoms with Crippen molar-refractivity contribution in [1.29, 1.82) is 0 Å². The summed E-state index contributed by atoms with van der Waals surface area (Å²) in [7, 11) is -4.40. The maximum Gasteiger partial charge on any atom is 0.472 e. The Morgan fingerprint density at radius 2 is 0.640 bits per heavy atom. The van der Waals surface area contributed by atoms with Gasteiger partial charge in [0.2, 0.25) is 0 Å². The molecule has 10 heteroatoms. The number of phosphoric ester groups is 1. The van der Waals surface area contributed by atoms with E-state index < -0.39 is 26.5 Å². The third kappa shape index (κ3) is 69.5. The van der Waals surface area contributed by atoms with E-state index in [1.54, 1.807) is 0 Å². The summed E-state index contributed by atoms with van der Waals surface area (Å²) < 4.78 is 33.2. The summed E-state index contributed by atoms with van der Waals surface area (Å²) in [6.07, 6.45) is 98.6. The Hall–Kier alpha value is -3.59. The third-order valence-electron chi connectivity index (χ3n) is 15.1. The average molecular weight is 1220 g/mol. The highest BCUT2D eigenvalue weighted by Crippen LogP contribution is 2.43. The Bertz CT molecular complexity index is 1830. The van der Waals surface area contributed by atoms with Crippen molar-refractivity contribution in [1.82, 2.24) is 0 Å². The molecule has 0 aliphatic heterocycles. The fourth-order valence-corrected chi connectivity index (χ4v) is 10.7. The van der Waals surface area contributed by atoms with Crippen LogP contribution in [0.1, 0.15) is 316 Å². The molecular formula is C76H132NO8P. The lowest BCUT2D eigenvalue weighted by molar-refractivity contribution is -0.161. The number of nitrogens with two attached hydrogens (primary N) is 1. The Morgan fingerprint density at radius 1 is 0.360 bits per heavy atom. The standard InChI is InChI=1S/C76H132NO8P/c1-3-5-7-9-11-13-15-17-19-21-23-25-27-29-30-31-32-33-34-35-36-37-38-39-40-41-42-43-44-45-47-49-51-53-55-57-59-61-63-65-67-69-76(79)85-74(73-84-86(80,81)83-71-70-77)72-82-75(78)68-66-64-62-60-58-56-54-52-50-48-46-28-26-24-22-20-18-16-14-12-10-8-6-4-2/h5,7,11,13,17,19,23,25,29-30,32-33,35-36,38-39,41-42,44-45,74H,3-4,6,8-10,12,14-16,18,20-22,24,26-28,31,34,37,40,43,46-73,77H2,1-2H3,(H,80,81)/b7-5-,13-11-,19-17-,25-23-,30-29-,33-32-,36-35-,39-38-,42-41-,45-44-. The molecule has 2 unspecified atom stereocenters. The maximum absolute atomic E-state index is 12.8. The Kier molecular flexibility index (Phi) is 67.6. The number of phosphoric acid groups is 1. The van der Waals surface area contributed by atoms with Gasteiger partial charge in [-0.05, 0) is 89.9 Å². The van der Waals surface area contributed by atoms with Gasteiger partial charge in [-0.15, -0.1) is 0 Å². The number of esters is 2. The van der Waals surface area contributed by atoms with E-state index in [0.717, 1.165) is 109 Å². The van der Waals surface area contributed by atoms with E-state index in [0.29, 0.717) is 6.42 Å². The van der Waals surface area contributed by atoms with Crippen molar-refractivity contribution in [3.63, 3.8) is 0 Å². The van der Waals surface area contributed by atoms with Gasteiger partial charge in [0, 0.05) is 19.4 Å². The predicted molar refractivity (Wildman–Crippen MR) is 371 cm³/mol. The first-order valence-corrected chi connectivity index (χ1v) is 37.0. The highest BCUT2D eigenvalue weighted by molar-refractivity contribution is 7.47. The summed E-state index contributed by atoms with van der Waals surface area (Å²) in [5.41, 5.74) is 5.40. The van der Waals surface area contributed by atoms with Crippen LogP contribution in [-0.2, 0) is 32.7 Å². The number of hydrogen-bond acceptors (Lipinski definition) is 8. The van der Waals surface area contributed by atoms with Crippen molar-refractivity contribution in [2.24, 2.45) is 5.73 Å². The molecule has 0 aromatic rings. The lowest BCUT2D eigenvalue weighted by Crippen LogP contribution is -2.29. The van der Waals surface area contributed by atoms with Gasteiger partial charge in [-0.1, -0.05) is 334 Å². The number of hydrogen-bond donors (Lipinski definition) is 2. The number of ether oxygens (including phenoxy) is 2. The molecule has 0 aromatic carbocycles. The van der Waals surface area contributed by atoms with Gasteiger partial charge >= 0.3 is 19.8 Å². The van der Waals surface area contributed by atoms with E-state index in [1.165, 1.54) is 173 Å². The zero-order chi connectivity index (χ0) is 62.3. The van der Waals surface area contributed by atoms with E-state index in [4.69, 9.17) is 24.3 Å². The summed E-state index contributed by atoms with van der Waals surface area (Å²) in [4.78, 5) is 35.4. The lowest BCUT2D eigenvalue weighted by Gasteiger charge is -2.19. The maximum atomic E-state index is 12.8. The molecule has 9 nitrogen and oxygen atoms in total. The predicted octanol–water partition coefficient (Wildman–Crippen LogP) is 23.5. The molecule has 0 aromatic heterocycles. The van der Waals surface area contributed by atoms with Gasteiger partial charge in [-0.3, -0.25) is 18.6 Å². The molecule has 0 spiro atoms. The molecule has 86 heavy (non-hydrogen) atoms. The fraction of sp³-hybridized carbons (Fsp3) is 0.711. The van der Waals surface area contributed by atoms with E-state index in [2.05, 4.69) is 135 Å². The van der Waals surface area contributed by atoms with Crippen molar-refractivity contribution >= 4 is 19.8 Å². The molecule has 0 aliphatic rings. The summed E-state index contributed by atoms with van der Waals surface area (Å²) in [5.74, 6) is -0.825. The molecule has 0 heterocycles. The van der Waals surface area contributed by atoms with E-state index in [1.807, 2.05) is 0 Å².